The van der Waals surface area contributed by atoms with Crippen LogP contribution in [0, 0.1) is 17.2 Å². The maximum absolute atomic E-state index is 9.63. The van der Waals surface area contributed by atoms with Gasteiger partial charge in [-0.25, -0.2) is 0 Å². The molecule has 136 valence electrons. The minimum atomic E-state index is 0.0801. The Morgan fingerprint density at radius 3 is 2.69 bits per heavy atom. The summed E-state index contributed by atoms with van der Waals surface area (Å²) in [6, 6.07) is 12.7. The number of nitrogens with one attached hydrogen (secondary N) is 1. The first kappa shape index (κ1) is 18.3. The SMILES string of the molecule is CCc1nnc(NCC2CCCOC2c2ccccc2)c(C#N)c1CC. The average Bonchev–Trinajstić information content (AvgIpc) is 2.72. The molecule has 1 aliphatic rings. The van der Waals surface area contributed by atoms with Crippen LogP contribution in [0.1, 0.15) is 55.2 Å². The second-order valence-corrected chi connectivity index (χ2v) is 6.65. The Bertz CT molecular complexity index is 770. The molecule has 1 saturated heterocycles. The maximum atomic E-state index is 9.63. The van der Waals surface area contributed by atoms with Crippen LogP contribution in [0.5, 0.6) is 0 Å². The monoisotopic (exact) mass is 350 g/mol. The number of aryl methyl sites for hydroxylation is 1. The van der Waals surface area contributed by atoms with Crippen molar-refractivity contribution in [1.82, 2.24) is 10.2 Å². The van der Waals surface area contributed by atoms with E-state index in [1.165, 1.54) is 5.56 Å². The number of anilines is 1. The van der Waals surface area contributed by atoms with Crippen LogP contribution in [0.3, 0.4) is 0 Å². The van der Waals surface area contributed by atoms with E-state index >= 15 is 0 Å². The minimum Gasteiger partial charge on any atom is -0.373 e. The van der Waals surface area contributed by atoms with Gasteiger partial charge in [-0.05, 0) is 36.8 Å². The molecule has 1 aromatic carbocycles. The number of nitriles is 1. The van der Waals surface area contributed by atoms with Gasteiger partial charge in [0.15, 0.2) is 5.82 Å². The maximum Gasteiger partial charge on any atom is 0.166 e. The standard InChI is InChI=1S/C21H26N4O/c1-3-17-18(13-22)21(25-24-19(17)4-2)23-14-16-11-8-12-26-20(16)15-9-6-5-7-10-15/h5-7,9-10,16,20H,3-4,8,11-12,14H2,1-2H3,(H,23,25). The largest absolute Gasteiger partial charge is 0.373 e. The summed E-state index contributed by atoms with van der Waals surface area (Å²) in [5.74, 6) is 0.939. The molecular formula is C21H26N4O. The van der Waals surface area contributed by atoms with Gasteiger partial charge >= 0.3 is 0 Å². The number of hydrogen-bond donors (Lipinski definition) is 1. The first-order valence-corrected chi connectivity index (χ1v) is 9.47. The van der Waals surface area contributed by atoms with Gasteiger partial charge in [-0.15, -0.1) is 5.10 Å². The number of nitrogens with zero attached hydrogens (tertiary/aromatic N) is 3. The second kappa shape index (κ2) is 8.77. The highest BCUT2D eigenvalue weighted by Gasteiger charge is 2.27. The van der Waals surface area contributed by atoms with Crippen LogP contribution < -0.4 is 5.32 Å². The third-order valence-corrected chi connectivity index (χ3v) is 5.06. The predicted molar refractivity (Wildman–Crippen MR) is 102 cm³/mol. The molecule has 0 aliphatic carbocycles. The zero-order valence-electron chi connectivity index (χ0n) is 15.5. The van der Waals surface area contributed by atoms with Gasteiger partial charge in [-0.1, -0.05) is 44.2 Å². The molecule has 1 fully saturated rings. The Morgan fingerprint density at radius 1 is 1.19 bits per heavy atom. The van der Waals surface area contributed by atoms with E-state index in [0.29, 0.717) is 17.3 Å². The number of ether oxygens (including phenoxy) is 1. The van der Waals surface area contributed by atoms with Gasteiger partial charge in [0.1, 0.15) is 11.6 Å². The zero-order chi connectivity index (χ0) is 18.4. The first-order chi connectivity index (χ1) is 12.8. The van der Waals surface area contributed by atoms with Gasteiger partial charge in [-0.3, -0.25) is 0 Å². The summed E-state index contributed by atoms with van der Waals surface area (Å²) in [7, 11) is 0. The lowest BCUT2D eigenvalue weighted by Gasteiger charge is -2.32. The van der Waals surface area contributed by atoms with Crippen LogP contribution in [0.15, 0.2) is 30.3 Å². The molecule has 2 aromatic rings. The van der Waals surface area contributed by atoms with Crippen molar-refractivity contribution < 1.29 is 4.74 Å². The molecular weight excluding hydrogens is 324 g/mol. The first-order valence-electron chi connectivity index (χ1n) is 9.47. The van der Waals surface area contributed by atoms with Crippen LogP contribution in [0.4, 0.5) is 5.82 Å². The number of hydrogen-bond acceptors (Lipinski definition) is 5. The Labute approximate surface area is 155 Å². The third-order valence-electron chi connectivity index (χ3n) is 5.06. The average molecular weight is 350 g/mol. The van der Waals surface area contributed by atoms with E-state index in [4.69, 9.17) is 4.74 Å². The fourth-order valence-electron chi connectivity index (χ4n) is 3.71. The molecule has 0 bridgehead atoms. The number of rotatable bonds is 6. The molecule has 2 heterocycles. The summed E-state index contributed by atoms with van der Waals surface area (Å²) >= 11 is 0. The highest BCUT2D eigenvalue weighted by molar-refractivity contribution is 5.56. The van der Waals surface area contributed by atoms with E-state index in [-0.39, 0.29) is 6.10 Å². The number of benzene rings is 1. The van der Waals surface area contributed by atoms with Crippen molar-refractivity contribution in [2.45, 2.75) is 45.6 Å². The smallest absolute Gasteiger partial charge is 0.166 e. The topological polar surface area (TPSA) is 70.8 Å². The second-order valence-electron chi connectivity index (χ2n) is 6.65. The highest BCUT2D eigenvalue weighted by Crippen LogP contribution is 2.34. The summed E-state index contributed by atoms with van der Waals surface area (Å²) in [5.41, 5.74) is 3.76. The van der Waals surface area contributed by atoms with E-state index in [1.807, 2.05) is 25.1 Å². The fourth-order valence-corrected chi connectivity index (χ4v) is 3.71. The molecule has 2 unspecified atom stereocenters. The van der Waals surface area contributed by atoms with Crippen LogP contribution >= 0.6 is 0 Å². The quantitative estimate of drug-likeness (QED) is 0.851. The van der Waals surface area contributed by atoms with E-state index < -0.39 is 0 Å². The lowest BCUT2D eigenvalue weighted by atomic mass is 9.89. The van der Waals surface area contributed by atoms with Gasteiger partial charge in [-0.2, -0.15) is 10.4 Å². The van der Waals surface area contributed by atoms with Crippen LogP contribution in [-0.2, 0) is 17.6 Å². The molecule has 0 saturated carbocycles. The summed E-state index contributed by atoms with van der Waals surface area (Å²) in [4.78, 5) is 0. The highest BCUT2D eigenvalue weighted by atomic mass is 16.5. The summed E-state index contributed by atoms with van der Waals surface area (Å²) < 4.78 is 6.06. The third kappa shape index (κ3) is 3.86. The predicted octanol–water partition coefficient (Wildman–Crippen LogP) is 4.05. The molecule has 5 heteroatoms. The number of aromatic nitrogens is 2. The van der Waals surface area contributed by atoms with Gasteiger partial charge in [0, 0.05) is 19.1 Å². The molecule has 2 atom stereocenters. The van der Waals surface area contributed by atoms with Crippen molar-refractivity contribution in [3.05, 3.63) is 52.7 Å². The van der Waals surface area contributed by atoms with Crippen molar-refractivity contribution in [1.29, 1.82) is 5.26 Å². The molecule has 0 radical (unpaired) electrons. The van der Waals surface area contributed by atoms with Crippen molar-refractivity contribution in [3.8, 4) is 6.07 Å². The van der Waals surface area contributed by atoms with Gasteiger partial charge in [0.25, 0.3) is 0 Å². The van der Waals surface area contributed by atoms with E-state index in [0.717, 1.165) is 50.1 Å². The van der Waals surface area contributed by atoms with Crippen LogP contribution in [-0.4, -0.2) is 23.3 Å². The fraction of sp³-hybridized carbons (Fsp3) is 0.476. The van der Waals surface area contributed by atoms with Crippen molar-refractivity contribution >= 4 is 5.82 Å². The Morgan fingerprint density at radius 2 is 2.00 bits per heavy atom. The summed E-state index contributed by atoms with van der Waals surface area (Å²) in [6.45, 7) is 5.62. The van der Waals surface area contributed by atoms with Gasteiger partial charge in [0.2, 0.25) is 0 Å². The molecule has 3 rings (SSSR count). The van der Waals surface area contributed by atoms with Crippen LogP contribution in [0.2, 0.25) is 0 Å². The van der Waals surface area contributed by atoms with Gasteiger partial charge in [0.05, 0.1) is 11.8 Å². The molecule has 0 amide bonds. The molecule has 26 heavy (non-hydrogen) atoms. The zero-order valence-corrected chi connectivity index (χ0v) is 15.5. The summed E-state index contributed by atoms with van der Waals surface area (Å²) in [6.07, 6.45) is 3.81. The summed E-state index contributed by atoms with van der Waals surface area (Å²) in [5, 5.41) is 21.6. The van der Waals surface area contributed by atoms with E-state index in [2.05, 4.69) is 40.6 Å². The molecule has 5 nitrogen and oxygen atoms in total. The van der Waals surface area contributed by atoms with E-state index in [1.54, 1.807) is 0 Å². The molecule has 1 aromatic heterocycles. The molecule has 1 aliphatic heterocycles. The van der Waals surface area contributed by atoms with Crippen molar-refractivity contribution in [2.75, 3.05) is 18.5 Å². The molecule has 0 spiro atoms. The Kier molecular flexibility index (Phi) is 6.19. The Hall–Kier alpha value is -2.45. The minimum absolute atomic E-state index is 0.0801. The molecule has 1 N–H and O–H groups in total. The van der Waals surface area contributed by atoms with Crippen LogP contribution in [0.25, 0.3) is 0 Å². The van der Waals surface area contributed by atoms with Crippen molar-refractivity contribution in [3.63, 3.8) is 0 Å². The lowest BCUT2D eigenvalue weighted by Crippen LogP contribution is -2.29. The normalized spacial score (nSPS) is 19.7. The van der Waals surface area contributed by atoms with Crippen molar-refractivity contribution in [2.24, 2.45) is 5.92 Å². The lowest BCUT2D eigenvalue weighted by molar-refractivity contribution is -0.0238. The van der Waals surface area contributed by atoms with E-state index in [9.17, 15) is 5.26 Å². The Balaban J connectivity index is 1.78. The van der Waals surface area contributed by atoms with Gasteiger partial charge < -0.3 is 10.1 Å².